The van der Waals surface area contributed by atoms with Crippen LogP contribution in [0.2, 0.25) is 0 Å². The number of thiazole rings is 1. The van der Waals surface area contributed by atoms with E-state index in [1.54, 1.807) is 0 Å². The highest BCUT2D eigenvalue weighted by molar-refractivity contribution is 7.17. The van der Waals surface area contributed by atoms with Gasteiger partial charge in [-0.05, 0) is 31.7 Å². The number of aryl methyl sites for hydroxylation is 2. The van der Waals surface area contributed by atoms with Gasteiger partial charge in [0.05, 0.1) is 16.3 Å². The summed E-state index contributed by atoms with van der Waals surface area (Å²) >= 11 is 1.46. The number of hydrogen-bond donors (Lipinski definition) is 1. The maximum absolute atomic E-state index is 12.2. The van der Waals surface area contributed by atoms with E-state index in [9.17, 15) is 4.79 Å². The van der Waals surface area contributed by atoms with Crippen molar-refractivity contribution in [3.8, 4) is 0 Å². The van der Waals surface area contributed by atoms with E-state index < -0.39 is 0 Å². The average molecular weight is 304 g/mol. The van der Waals surface area contributed by atoms with Crippen LogP contribution in [0.25, 0.3) is 0 Å². The number of nitrogens with zero attached hydrogens (tertiary/aromatic N) is 3. The van der Waals surface area contributed by atoms with Crippen molar-refractivity contribution in [2.24, 2.45) is 5.41 Å². The molecule has 2 aromatic heterocycles. The highest BCUT2D eigenvalue weighted by atomic mass is 32.1. The molecule has 21 heavy (non-hydrogen) atoms. The molecule has 5 nitrogen and oxygen atoms in total. The quantitative estimate of drug-likeness (QED) is 0.946. The molecule has 0 atom stereocenters. The van der Waals surface area contributed by atoms with Crippen LogP contribution in [0.5, 0.6) is 0 Å². The van der Waals surface area contributed by atoms with Crippen LogP contribution in [-0.4, -0.2) is 20.5 Å². The number of carbonyl (C=O) groups excluding carboxylic acids is 1. The molecule has 0 aliphatic heterocycles. The van der Waals surface area contributed by atoms with Crippen LogP contribution in [0.4, 0.5) is 5.13 Å². The van der Waals surface area contributed by atoms with E-state index in [-0.39, 0.29) is 11.2 Å². The highest BCUT2D eigenvalue weighted by Gasteiger charge is 2.33. The van der Waals surface area contributed by atoms with Crippen molar-refractivity contribution in [1.82, 2.24) is 14.8 Å². The fourth-order valence-electron chi connectivity index (χ4n) is 2.77. The summed E-state index contributed by atoms with van der Waals surface area (Å²) < 4.78 is 1.90. The van der Waals surface area contributed by atoms with Crippen molar-refractivity contribution < 1.29 is 4.79 Å². The van der Waals surface area contributed by atoms with Crippen LogP contribution in [-0.2, 0) is 13.1 Å². The largest absolute Gasteiger partial charge is 0.342 e. The molecule has 0 radical (unpaired) electrons. The molecule has 6 heteroatoms. The molecule has 1 aliphatic carbocycles. The summed E-state index contributed by atoms with van der Waals surface area (Å²) in [7, 11) is 0. The van der Waals surface area contributed by atoms with E-state index in [0.717, 1.165) is 33.5 Å². The summed E-state index contributed by atoms with van der Waals surface area (Å²) in [6.45, 7) is 8.82. The Hall–Kier alpha value is -1.69. The lowest BCUT2D eigenvalue weighted by Crippen LogP contribution is -2.26. The fourth-order valence-corrected chi connectivity index (χ4v) is 3.68. The normalized spacial score (nSPS) is 16.9. The van der Waals surface area contributed by atoms with Gasteiger partial charge in [0.1, 0.15) is 6.67 Å². The van der Waals surface area contributed by atoms with Gasteiger partial charge in [0.15, 0.2) is 10.9 Å². The molecule has 0 saturated carbocycles. The Morgan fingerprint density at radius 2 is 2.14 bits per heavy atom. The number of aromatic nitrogens is 3. The molecular weight excluding hydrogens is 284 g/mol. The van der Waals surface area contributed by atoms with E-state index in [1.165, 1.54) is 11.3 Å². The molecule has 3 rings (SSSR count). The predicted molar refractivity (Wildman–Crippen MR) is 83.9 cm³/mol. The molecule has 0 fully saturated rings. The highest BCUT2D eigenvalue weighted by Crippen LogP contribution is 2.38. The van der Waals surface area contributed by atoms with Crippen molar-refractivity contribution in [3.63, 3.8) is 0 Å². The predicted octanol–water partition coefficient (Wildman–Crippen LogP) is 3.18. The third-order valence-corrected chi connectivity index (χ3v) is 4.82. The first-order valence-electron chi connectivity index (χ1n) is 7.12. The van der Waals surface area contributed by atoms with Crippen LogP contribution < -0.4 is 5.32 Å². The van der Waals surface area contributed by atoms with E-state index >= 15 is 0 Å². The third kappa shape index (κ3) is 2.85. The number of carbonyl (C=O) groups is 1. The summed E-state index contributed by atoms with van der Waals surface area (Å²) in [4.78, 5) is 17.6. The minimum Gasteiger partial charge on any atom is -0.342 e. The van der Waals surface area contributed by atoms with Crippen molar-refractivity contribution in [1.29, 1.82) is 0 Å². The van der Waals surface area contributed by atoms with Crippen LogP contribution in [0, 0.1) is 19.3 Å². The first-order valence-corrected chi connectivity index (χ1v) is 7.93. The molecule has 0 saturated heterocycles. The smallest absolute Gasteiger partial charge is 0.185 e. The number of ketones is 1. The number of hydrogen-bond acceptors (Lipinski definition) is 5. The topological polar surface area (TPSA) is 59.8 Å². The molecule has 0 spiro atoms. The van der Waals surface area contributed by atoms with Crippen molar-refractivity contribution >= 4 is 22.3 Å². The SMILES string of the molecule is Cc1cc(C)n(CNc2nc3c(s2)C(=O)CC(C)(C)C3)n1. The summed E-state index contributed by atoms with van der Waals surface area (Å²) in [6.07, 6.45) is 1.48. The van der Waals surface area contributed by atoms with Gasteiger partial charge in [0, 0.05) is 12.1 Å². The van der Waals surface area contributed by atoms with Gasteiger partial charge < -0.3 is 5.32 Å². The summed E-state index contributed by atoms with van der Waals surface area (Å²) in [5.74, 6) is 0.220. The second-order valence-electron chi connectivity index (χ2n) is 6.50. The maximum Gasteiger partial charge on any atom is 0.185 e. The first-order chi connectivity index (χ1) is 9.84. The first kappa shape index (κ1) is 14.3. The van der Waals surface area contributed by atoms with Crippen LogP contribution in [0.1, 0.15) is 47.0 Å². The monoisotopic (exact) mass is 304 g/mol. The Morgan fingerprint density at radius 1 is 1.38 bits per heavy atom. The van der Waals surface area contributed by atoms with Gasteiger partial charge in [-0.15, -0.1) is 0 Å². The minimum absolute atomic E-state index is 0.0190. The van der Waals surface area contributed by atoms with Gasteiger partial charge in [-0.2, -0.15) is 5.10 Å². The number of Topliss-reactive ketones (excluding diaryl/α,β-unsaturated/α-hetero) is 1. The van der Waals surface area contributed by atoms with Crippen molar-refractivity contribution in [3.05, 3.63) is 28.0 Å². The van der Waals surface area contributed by atoms with Crippen LogP contribution >= 0.6 is 11.3 Å². The minimum atomic E-state index is 0.0190. The lowest BCUT2D eigenvalue weighted by atomic mass is 9.78. The van der Waals surface area contributed by atoms with E-state index in [0.29, 0.717) is 13.1 Å². The molecule has 2 aromatic rings. The molecule has 0 aromatic carbocycles. The van der Waals surface area contributed by atoms with E-state index in [4.69, 9.17) is 0 Å². The lowest BCUT2D eigenvalue weighted by Gasteiger charge is -2.26. The average Bonchev–Trinajstić information content (AvgIpc) is 2.88. The Bertz CT molecular complexity index is 699. The zero-order valence-corrected chi connectivity index (χ0v) is 13.7. The van der Waals surface area contributed by atoms with Crippen LogP contribution in [0.3, 0.4) is 0 Å². The number of rotatable bonds is 3. The molecule has 0 unspecified atom stereocenters. The molecular formula is C15H20N4OS. The Kier molecular flexibility index (Phi) is 3.36. The van der Waals surface area contributed by atoms with Crippen molar-refractivity contribution in [2.75, 3.05) is 5.32 Å². The maximum atomic E-state index is 12.2. The number of fused-ring (bicyclic) bond motifs is 1. The Labute approximate surface area is 128 Å². The molecule has 112 valence electrons. The molecule has 1 N–H and O–H groups in total. The van der Waals surface area contributed by atoms with Crippen molar-refractivity contribution in [2.45, 2.75) is 47.2 Å². The lowest BCUT2D eigenvalue weighted by molar-refractivity contribution is 0.0916. The molecule has 2 heterocycles. The Morgan fingerprint density at radius 3 is 2.81 bits per heavy atom. The van der Waals surface area contributed by atoms with Gasteiger partial charge in [0.25, 0.3) is 0 Å². The van der Waals surface area contributed by atoms with E-state index in [2.05, 4.69) is 29.2 Å². The van der Waals surface area contributed by atoms with Gasteiger partial charge in [-0.1, -0.05) is 25.2 Å². The fraction of sp³-hybridized carbons (Fsp3) is 0.533. The second kappa shape index (κ2) is 4.94. The second-order valence-corrected chi connectivity index (χ2v) is 7.50. The molecule has 0 bridgehead atoms. The van der Waals surface area contributed by atoms with E-state index in [1.807, 2.05) is 24.6 Å². The number of anilines is 1. The molecule has 1 aliphatic rings. The van der Waals surface area contributed by atoms with Gasteiger partial charge in [-0.25, -0.2) is 4.98 Å². The summed E-state index contributed by atoms with van der Waals surface area (Å²) in [6, 6.07) is 2.04. The summed E-state index contributed by atoms with van der Waals surface area (Å²) in [5.41, 5.74) is 3.07. The van der Waals surface area contributed by atoms with Gasteiger partial charge in [0.2, 0.25) is 0 Å². The standard InChI is InChI=1S/C15H20N4OS/c1-9-5-10(2)19(18-9)8-16-14-17-11-6-15(3,4)7-12(20)13(11)21-14/h5H,6-8H2,1-4H3,(H,16,17). The van der Waals surface area contributed by atoms with Gasteiger partial charge in [-0.3, -0.25) is 9.48 Å². The number of nitrogens with one attached hydrogen (secondary N) is 1. The third-order valence-electron chi connectivity index (χ3n) is 3.72. The Balaban J connectivity index is 1.76. The van der Waals surface area contributed by atoms with Gasteiger partial charge >= 0.3 is 0 Å². The zero-order chi connectivity index (χ0) is 15.2. The summed E-state index contributed by atoms with van der Waals surface area (Å²) in [5, 5.41) is 8.49. The van der Waals surface area contributed by atoms with Crippen LogP contribution in [0.15, 0.2) is 6.07 Å². The zero-order valence-electron chi connectivity index (χ0n) is 12.9. The molecule has 0 amide bonds.